The Bertz CT molecular complexity index is 1030. The minimum atomic E-state index is 0.178. The minimum absolute atomic E-state index is 0.178. The zero-order valence-electron chi connectivity index (χ0n) is 15.7. The molecule has 1 heterocycles. The van der Waals surface area contributed by atoms with E-state index in [4.69, 9.17) is 31.2 Å². The highest BCUT2D eigenvalue weighted by Gasteiger charge is 2.08. The Morgan fingerprint density at radius 1 is 1.04 bits per heavy atom. The maximum absolute atomic E-state index is 5.77. The van der Waals surface area contributed by atoms with E-state index in [9.17, 15) is 0 Å². The monoisotopic (exact) mass is 400 g/mol. The van der Waals surface area contributed by atoms with E-state index < -0.39 is 0 Å². The predicted molar refractivity (Wildman–Crippen MR) is 107 cm³/mol. The van der Waals surface area contributed by atoms with Gasteiger partial charge >= 0.3 is 0 Å². The van der Waals surface area contributed by atoms with Crippen LogP contribution in [0.3, 0.4) is 0 Å². The summed E-state index contributed by atoms with van der Waals surface area (Å²) >= 11 is 5.26. The van der Waals surface area contributed by atoms with Gasteiger partial charge in [0.25, 0.3) is 0 Å². The Morgan fingerprint density at radius 2 is 1.79 bits per heavy atom. The summed E-state index contributed by atoms with van der Waals surface area (Å²) in [6, 6.07) is 12.8. The zero-order chi connectivity index (χ0) is 19.9. The third kappa shape index (κ3) is 4.49. The van der Waals surface area contributed by atoms with E-state index in [1.54, 1.807) is 39.7 Å². The van der Waals surface area contributed by atoms with Gasteiger partial charge in [0.2, 0.25) is 4.77 Å². The van der Waals surface area contributed by atoms with Crippen LogP contribution in [0.2, 0.25) is 0 Å². The number of ether oxygens (including phenoxy) is 4. The maximum Gasteiger partial charge on any atom is 0.216 e. The average Bonchev–Trinajstić information content (AvgIpc) is 3.10. The Hall–Kier alpha value is -3.33. The third-order valence-electron chi connectivity index (χ3n) is 3.88. The van der Waals surface area contributed by atoms with Gasteiger partial charge in [-0.05, 0) is 36.5 Å². The molecule has 0 fully saturated rings. The summed E-state index contributed by atoms with van der Waals surface area (Å²) in [5, 5.41) is 11.3. The van der Waals surface area contributed by atoms with Gasteiger partial charge in [0.15, 0.2) is 5.82 Å². The van der Waals surface area contributed by atoms with Gasteiger partial charge in [-0.15, -0.1) is 0 Å². The second-order valence-corrected chi connectivity index (χ2v) is 5.96. The Morgan fingerprint density at radius 3 is 2.54 bits per heavy atom. The smallest absolute Gasteiger partial charge is 0.216 e. The quantitative estimate of drug-likeness (QED) is 0.461. The van der Waals surface area contributed by atoms with Crippen molar-refractivity contribution in [3.05, 3.63) is 58.6 Å². The Balaban J connectivity index is 1.79. The number of methoxy groups -OCH3 is 3. The molecule has 0 amide bonds. The molecular weight excluding hydrogens is 380 g/mol. The second kappa shape index (κ2) is 9.05. The topological polar surface area (TPSA) is 82.9 Å². The first-order chi connectivity index (χ1) is 13.6. The number of nitrogens with zero attached hydrogens (tertiary/aromatic N) is 3. The number of nitrogens with one attached hydrogen (secondary N) is 1. The van der Waals surface area contributed by atoms with E-state index in [1.807, 2.05) is 30.3 Å². The van der Waals surface area contributed by atoms with Crippen molar-refractivity contribution in [1.29, 1.82) is 0 Å². The average molecular weight is 400 g/mol. The Labute approximate surface area is 167 Å². The molecule has 0 unspecified atom stereocenters. The lowest BCUT2D eigenvalue weighted by Gasteiger charge is -2.08. The first kappa shape index (κ1) is 19.4. The van der Waals surface area contributed by atoms with E-state index in [0.717, 1.165) is 5.56 Å². The number of aromatic amines is 1. The van der Waals surface area contributed by atoms with Crippen molar-refractivity contribution < 1.29 is 18.9 Å². The van der Waals surface area contributed by atoms with Crippen LogP contribution in [-0.2, 0) is 6.61 Å². The highest BCUT2D eigenvalue weighted by atomic mass is 32.1. The molecule has 146 valence electrons. The van der Waals surface area contributed by atoms with Gasteiger partial charge in [-0.25, -0.2) is 5.10 Å². The maximum atomic E-state index is 5.77. The molecule has 3 rings (SSSR count). The number of hydrogen-bond donors (Lipinski definition) is 1. The van der Waals surface area contributed by atoms with Crippen LogP contribution in [0.1, 0.15) is 11.4 Å². The molecule has 0 radical (unpaired) electrons. The lowest BCUT2D eigenvalue weighted by atomic mass is 10.2. The van der Waals surface area contributed by atoms with Crippen molar-refractivity contribution in [1.82, 2.24) is 14.9 Å². The van der Waals surface area contributed by atoms with Gasteiger partial charge in [-0.2, -0.15) is 14.9 Å². The van der Waals surface area contributed by atoms with Gasteiger partial charge in [-0.3, -0.25) is 0 Å². The minimum Gasteiger partial charge on any atom is -0.497 e. The van der Waals surface area contributed by atoms with Gasteiger partial charge in [0.05, 0.1) is 27.5 Å². The van der Waals surface area contributed by atoms with Crippen molar-refractivity contribution in [3.8, 4) is 23.0 Å². The van der Waals surface area contributed by atoms with Crippen molar-refractivity contribution in [2.24, 2.45) is 5.10 Å². The Kier molecular flexibility index (Phi) is 6.28. The molecule has 0 aliphatic carbocycles. The normalized spacial score (nSPS) is 10.8. The van der Waals surface area contributed by atoms with Crippen molar-refractivity contribution in [2.45, 2.75) is 6.61 Å². The number of aromatic nitrogens is 3. The SMILES string of the molecule is COc1cccc(OCc2n[nH]c(=S)n2/N=C\c2ccc(OC)cc2OC)c1. The van der Waals surface area contributed by atoms with Crippen LogP contribution in [0.25, 0.3) is 0 Å². The summed E-state index contributed by atoms with van der Waals surface area (Å²) < 4.78 is 23.4. The summed E-state index contributed by atoms with van der Waals surface area (Å²) in [6.45, 7) is 0.178. The fraction of sp³-hybridized carbons (Fsp3) is 0.211. The summed E-state index contributed by atoms with van der Waals surface area (Å²) in [5.74, 6) is 3.21. The molecule has 1 N–H and O–H groups in total. The number of H-pyrrole nitrogens is 1. The molecule has 0 spiro atoms. The molecule has 1 aromatic heterocycles. The summed E-state index contributed by atoms with van der Waals surface area (Å²) in [4.78, 5) is 0. The molecule has 0 saturated carbocycles. The van der Waals surface area contributed by atoms with Crippen LogP contribution in [0.15, 0.2) is 47.6 Å². The molecular formula is C19H20N4O4S. The number of benzene rings is 2. The third-order valence-corrected chi connectivity index (χ3v) is 4.14. The summed E-state index contributed by atoms with van der Waals surface area (Å²) in [6.07, 6.45) is 1.64. The first-order valence-electron chi connectivity index (χ1n) is 8.34. The zero-order valence-corrected chi connectivity index (χ0v) is 16.5. The lowest BCUT2D eigenvalue weighted by molar-refractivity contribution is 0.288. The lowest BCUT2D eigenvalue weighted by Crippen LogP contribution is -2.04. The first-order valence-corrected chi connectivity index (χ1v) is 8.75. The molecule has 0 bridgehead atoms. The van der Waals surface area contributed by atoms with E-state index in [1.165, 1.54) is 4.68 Å². The predicted octanol–water partition coefficient (Wildman–Crippen LogP) is 3.43. The molecule has 0 atom stereocenters. The van der Waals surface area contributed by atoms with Crippen molar-refractivity contribution in [2.75, 3.05) is 21.3 Å². The molecule has 9 heteroatoms. The molecule has 0 saturated heterocycles. The van der Waals surface area contributed by atoms with Gasteiger partial charge in [0.1, 0.15) is 29.6 Å². The van der Waals surface area contributed by atoms with Gasteiger partial charge in [0, 0.05) is 17.7 Å². The van der Waals surface area contributed by atoms with E-state index >= 15 is 0 Å². The van der Waals surface area contributed by atoms with E-state index in [-0.39, 0.29) is 6.61 Å². The van der Waals surface area contributed by atoms with E-state index in [2.05, 4.69) is 15.3 Å². The van der Waals surface area contributed by atoms with Crippen LogP contribution in [-0.4, -0.2) is 42.4 Å². The fourth-order valence-electron chi connectivity index (χ4n) is 2.42. The summed E-state index contributed by atoms with van der Waals surface area (Å²) in [7, 11) is 4.79. The highest BCUT2D eigenvalue weighted by molar-refractivity contribution is 7.71. The van der Waals surface area contributed by atoms with E-state index in [0.29, 0.717) is 33.6 Å². The largest absolute Gasteiger partial charge is 0.497 e. The molecule has 0 aliphatic heterocycles. The van der Waals surface area contributed by atoms with Crippen LogP contribution in [0.5, 0.6) is 23.0 Å². The van der Waals surface area contributed by atoms with Gasteiger partial charge in [-0.1, -0.05) is 6.07 Å². The molecule has 0 aliphatic rings. The van der Waals surface area contributed by atoms with Crippen LogP contribution >= 0.6 is 12.2 Å². The summed E-state index contributed by atoms with van der Waals surface area (Å²) in [5.41, 5.74) is 0.770. The van der Waals surface area contributed by atoms with Crippen LogP contribution in [0, 0.1) is 4.77 Å². The van der Waals surface area contributed by atoms with Crippen molar-refractivity contribution in [3.63, 3.8) is 0 Å². The molecule has 2 aromatic carbocycles. The fourth-order valence-corrected chi connectivity index (χ4v) is 2.62. The second-order valence-electron chi connectivity index (χ2n) is 5.58. The van der Waals surface area contributed by atoms with Crippen molar-refractivity contribution >= 4 is 18.4 Å². The number of rotatable bonds is 8. The standard InChI is InChI=1S/C19H20N4O4S/c1-24-14-5-4-6-16(9-14)27-12-18-21-22-19(28)23(18)20-11-13-7-8-15(25-2)10-17(13)26-3/h4-11H,12H2,1-3H3,(H,22,28)/b20-11-. The van der Waals surface area contributed by atoms with Crippen LogP contribution < -0.4 is 18.9 Å². The molecule has 8 nitrogen and oxygen atoms in total. The molecule has 28 heavy (non-hydrogen) atoms. The molecule has 3 aromatic rings. The highest BCUT2D eigenvalue weighted by Crippen LogP contribution is 2.23. The van der Waals surface area contributed by atoms with Crippen LogP contribution in [0.4, 0.5) is 0 Å². The number of hydrogen-bond acceptors (Lipinski definition) is 7. The van der Waals surface area contributed by atoms with Gasteiger partial charge < -0.3 is 18.9 Å².